The van der Waals surface area contributed by atoms with Crippen LogP contribution in [0.25, 0.3) is 0 Å². The van der Waals surface area contributed by atoms with E-state index >= 15 is 0 Å². The lowest BCUT2D eigenvalue weighted by atomic mass is 10.2. The first-order chi connectivity index (χ1) is 7.13. The Labute approximate surface area is 87.1 Å². The molecule has 1 aromatic rings. The first-order valence-electron chi connectivity index (χ1n) is 4.62. The van der Waals surface area contributed by atoms with E-state index in [-0.39, 0.29) is 5.56 Å². The van der Waals surface area contributed by atoms with Gasteiger partial charge in [0.15, 0.2) is 0 Å². The number of anilines is 1. The molecule has 0 heterocycles. The van der Waals surface area contributed by atoms with Crippen LogP contribution in [0.5, 0.6) is 0 Å². The summed E-state index contributed by atoms with van der Waals surface area (Å²) in [5.74, 6) is -1.70. The molecule has 0 aliphatic rings. The molecule has 5 heteroatoms. The van der Waals surface area contributed by atoms with Crippen molar-refractivity contribution < 1.29 is 14.3 Å². The third-order valence-corrected chi connectivity index (χ3v) is 1.81. The van der Waals surface area contributed by atoms with Gasteiger partial charge in [0.05, 0.1) is 12.2 Å². The lowest BCUT2D eigenvalue weighted by Crippen LogP contribution is -2.21. The Balaban J connectivity index is 2.75. The highest BCUT2D eigenvalue weighted by Gasteiger charge is 2.06. The predicted molar refractivity (Wildman–Crippen MR) is 55.5 cm³/mol. The van der Waals surface area contributed by atoms with Gasteiger partial charge in [0, 0.05) is 5.69 Å². The molecule has 0 fully saturated rings. The molecule has 0 spiro atoms. The lowest BCUT2D eigenvalue weighted by Gasteiger charge is -2.07. The van der Waals surface area contributed by atoms with Crippen molar-refractivity contribution in [2.75, 3.05) is 18.5 Å². The molecule has 4 nitrogen and oxygen atoms in total. The zero-order chi connectivity index (χ0) is 11.3. The molecule has 1 aromatic carbocycles. The van der Waals surface area contributed by atoms with Gasteiger partial charge in [-0.05, 0) is 24.7 Å². The quantitative estimate of drug-likeness (QED) is 0.511. The van der Waals surface area contributed by atoms with E-state index in [0.29, 0.717) is 12.4 Å². The summed E-state index contributed by atoms with van der Waals surface area (Å²) >= 11 is 0. The Morgan fingerprint density at radius 3 is 2.80 bits per heavy atom. The van der Waals surface area contributed by atoms with Crippen molar-refractivity contribution in [3.8, 4) is 0 Å². The number of nitrogens with one attached hydrogen (secondary N) is 2. The van der Waals surface area contributed by atoms with Gasteiger partial charge in [0.25, 0.3) is 0 Å². The van der Waals surface area contributed by atoms with E-state index < -0.39 is 11.8 Å². The molecule has 0 radical (unpaired) electrons. The van der Waals surface area contributed by atoms with Crippen LogP contribution in [0.2, 0.25) is 0 Å². The molecule has 82 valence electrons. The van der Waals surface area contributed by atoms with Crippen LogP contribution in [0.4, 0.5) is 10.1 Å². The molecule has 0 aliphatic carbocycles. The minimum atomic E-state index is -1.14. The second-order valence-electron chi connectivity index (χ2n) is 2.99. The highest BCUT2D eigenvalue weighted by atomic mass is 19.1. The van der Waals surface area contributed by atoms with E-state index in [0.717, 1.165) is 12.6 Å². The first kappa shape index (κ1) is 11.5. The smallest absolute Gasteiger partial charge is 0.335 e. The van der Waals surface area contributed by atoms with E-state index in [1.807, 2.05) is 6.92 Å². The van der Waals surface area contributed by atoms with E-state index in [9.17, 15) is 9.18 Å². The minimum Gasteiger partial charge on any atom is -0.478 e. The molecular weight excluding hydrogens is 199 g/mol. The maximum Gasteiger partial charge on any atom is 0.335 e. The van der Waals surface area contributed by atoms with Gasteiger partial charge in [-0.1, -0.05) is 6.92 Å². The molecule has 0 unspecified atom stereocenters. The molecule has 0 atom stereocenters. The number of hydrogen-bond acceptors (Lipinski definition) is 3. The summed E-state index contributed by atoms with van der Waals surface area (Å²) < 4.78 is 13.0. The zero-order valence-electron chi connectivity index (χ0n) is 8.38. The fourth-order valence-corrected chi connectivity index (χ4v) is 1.10. The van der Waals surface area contributed by atoms with Crippen molar-refractivity contribution in [3.63, 3.8) is 0 Å². The van der Waals surface area contributed by atoms with Gasteiger partial charge in [-0.3, -0.25) is 0 Å². The summed E-state index contributed by atoms with van der Waals surface area (Å²) in [6, 6.07) is 3.63. The number of carboxylic acids is 1. The Bertz CT molecular complexity index is 355. The van der Waals surface area contributed by atoms with Gasteiger partial charge in [0.2, 0.25) is 0 Å². The third-order valence-electron chi connectivity index (χ3n) is 1.81. The SMILES string of the molecule is CCNCNc1cc(F)cc(C(=O)O)c1. The van der Waals surface area contributed by atoms with Crippen molar-refractivity contribution in [3.05, 3.63) is 29.6 Å². The maximum absolute atomic E-state index is 13.0. The summed E-state index contributed by atoms with van der Waals surface area (Å²) in [6.45, 7) is 3.20. The summed E-state index contributed by atoms with van der Waals surface area (Å²) in [7, 11) is 0. The number of hydrogen-bond donors (Lipinski definition) is 3. The minimum absolute atomic E-state index is 0.0611. The summed E-state index contributed by atoms with van der Waals surface area (Å²) in [4.78, 5) is 10.6. The Morgan fingerprint density at radius 1 is 1.47 bits per heavy atom. The zero-order valence-corrected chi connectivity index (χ0v) is 8.38. The summed E-state index contributed by atoms with van der Waals surface area (Å²) in [5, 5.41) is 14.5. The van der Waals surface area contributed by atoms with Crippen LogP contribution in [0, 0.1) is 5.82 Å². The van der Waals surface area contributed by atoms with Crippen LogP contribution < -0.4 is 10.6 Å². The lowest BCUT2D eigenvalue weighted by molar-refractivity contribution is 0.0696. The molecule has 0 aliphatic heterocycles. The fourth-order valence-electron chi connectivity index (χ4n) is 1.10. The van der Waals surface area contributed by atoms with Crippen molar-refractivity contribution in [2.24, 2.45) is 0 Å². The van der Waals surface area contributed by atoms with Crippen molar-refractivity contribution >= 4 is 11.7 Å². The van der Waals surface area contributed by atoms with E-state index in [1.54, 1.807) is 0 Å². The maximum atomic E-state index is 13.0. The highest BCUT2D eigenvalue weighted by molar-refractivity contribution is 5.88. The van der Waals surface area contributed by atoms with Crippen LogP contribution in [0.1, 0.15) is 17.3 Å². The Kier molecular flexibility index (Phi) is 4.05. The molecular formula is C10H13FN2O2. The average Bonchev–Trinajstić information content (AvgIpc) is 2.17. The summed E-state index contributed by atoms with van der Waals surface area (Å²) in [5.41, 5.74) is 0.391. The van der Waals surface area contributed by atoms with Gasteiger partial charge in [0.1, 0.15) is 5.82 Å². The van der Waals surface area contributed by atoms with Crippen LogP contribution >= 0.6 is 0 Å². The standard InChI is InChI=1S/C10H13FN2O2/c1-2-12-6-13-9-4-7(10(14)15)3-8(11)5-9/h3-5,12-13H,2,6H2,1H3,(H,14,15). The van der Waals surface area contributed by atoms with Crippen molar-refractivity contribution in [1.82, 2.24) is 5.32 Å². The van der Waals surface area contributed by atoms with Gasteiger partial charge >= 0.3 is 5.97 Å². The summed E-state index contributed by atoms with van der Waals surface area (Å²) in [6.07, 6.45) is 0. The molecule has 0 saturated carbocycles. The Hall–Kier alpha value is -1.62. The second kappa shape index (κ2) is 5.31. The largest absolute Gasteiger partial charge is 0.478 e. The van der Waals surface area contributed by atoms with E-state index in [2.05, 4.69) is 10.6 Å². The van der Waals surface area contributed by atoms with Crippen molar-refractivity contribution in [2.45, 2.75) is 6.92 Å². The Morgan fingerprint density at radius 2 is 2.20 bits per heavy atom. The third kappa shape index (κ3) is 3.55. The van der Waals surface area contributed by atoms with Gasteiger partial charge in [-0.15, -0.1) is 0 Å². The number of carbonyl (C=O) groups is 1. The monoisotopic (exact) mass is 212 g/mol. The number of aromatic carboxylic acids is 1. The highest BCUT2D eigenvalue weighted by Crippen LogP contribution is 2.13. The topological polar surface area (TPSA) is 61.4 Å². The molecule has 0 bridgehead atoms. The number of rotatable bonds is 5. The van der Waals surface area contributed by atoms with Gasteiger partial charge in [-0.25, -0.2) is 9.18 Å². The molecule has 1 rings (SSSR count). The van der Waals surface area contributed by atoms with Crippen molar-refractivity contribution in [1.29, 1.82) is 0 Å². The molecule has 0 amide bonds. The number of carboxylic acid groups (broad SMARTS) is 1. The van der Waals surface area contributed by atoms with Crippen LogP contribution in [0.3, 0.4) is 0 Å². The van der Waals surface area contributed by atoms with Crippen LogP contribution in [-0.4, -0.2) is 24.3 Å². The predicted octanol–water partition coefficient (Wildman–Crippen LogP) is 1.50. The second-order valence-corrected chi connectivity index (χ2v) is 2.99. The molecule has 3 N–H and O–H groups in total. The van der Waals surface area contributed by atoms with Crippen LogP contribution in [0.15, 0.2) is 18.2 Å². The van der Waals surface area contributed by atoms with E-state index in [1.165, 1.54) is 12.1 Å². The molecule has 15 heavy (non-hydrogen) atoms. The van der Waals surface area contributed by atoms with Crippen LogP contribution in [-0.2, 0) is 0 Å². The molecule has 0 saturated heterocycles. The molecule has 0 aromatic heterocycles. The number of benzene rings is 1. The first-order valence-corrected chi connectivity index (χ1v) is 4.62. The van der Waals surface area contributed by atoms with Gasteiger partial charge < -0.3 is 15.7 Å². The van der Waals surface area contributed by atoms with Gasteiger partial charge in [-0.2, -0.15) is 0 Å². The normalized spacial score (nSPS) is 10.0. The van der Waals surface area contributed by atoms with E-state index in [4.69, 9.17) is 5.11 Å². The number of halogens is 1. The fraction of sp³-hybridized carbons (Fsp3) is 0.300. The average molecular weight is 212 g/mol.